The highest BCUT2D eigenvalue weighted by Gasteiger charge is 2.22. The van der Waals surface area contributed by atoms with Crippen molar-refractivity contribution in [3.8, 4) is 0 Å². The third-order valence-corrected chi connectivity index (χ3v) is 3.74. The molecule has 104 valence electrons. The molecule has 0 saturated heterocycles. The molecule has 0 spiro atoms. The summed E-state index contributed by atoms with van der Waals surface area (Å²) in [6.07, 6.45) is 1.55. The molecule has 2 aromatic rings. The van der Waals surface area contributed by atoms with E-state index in [9.17, 15) is 14.7 Å². The van der Waals surface area contributed by atoms with Gasteiger partial charge >= 0.3 is 12.0 Å². The van der Waals surface area contributed by atoms with Crippen molar-refractivity contribution >= 4 is 44.4 Å². The lowest BCUT2D eigenvalue weighted by molar-refractivity contribution is -0.139. The quantitative estimate of drug-likeness (QED) is 0.786. The van der Waals surface area contributed by atoms with Crippen molar-refractivity contribution in [2.45, 2.75) is 6.04 Å². The fourth-order valence-corrected chi connectivity index (χ4v) is 2.61. The Labute approximate surface area is 127 Å². The number of hydrogen-bond acceptors (Lipinski definition) is 4. The van der Waals surface area contributed by atoms with Crippen LogP contribution in [0.3, 0.4) is 0 Å². The maximum Gasteiger partial charge on any atom is 0.330 e. The lowest BCUT2D eigenvalue weighted by Crippen LogP contribution is -2.36. The Kier molecular flexibility index (Phi) is 4.70. The SMILES string of the molecule is O=C(Nc1ncc(Br)s1)N[C@@H](C(=O)O)c1ccccc1. The molecule has 0 bridgehead atoms. The molecule has 2 amide bonds. The minimum atomic E-state index is -1.13. The lowest BCUT2D eigenvalue weighted by Gasteiger charge is -2.14. The normalized spacial score (nSPS) is 11.7. The molecule has 0 unspecified atom stereocenters. The number of nitrogens with one attached hydrogen (secondary N) is 2. The van der Waals surface area contributed by atoms with Crippen LogP contribution in [0.2, 0.25) is 0 Å². The van der Waals surface area contributed by atoms with Gasteiger partial charge in [0.2, 0.25) is 0 Å². The van der Waals surface area contributed by atoms with E-state index >= 15 is 0 Å². The second-order valence-corrected chi connectivity index (χ2v) is 6.16. The van der Waals surface area contributed by atoms with Gasteiger partial charge in [-0.15, -0.1) is 0 Å². The number of thiazole rings is 1. The van der Waals surface area contributed by atoms with E-state index < -0.39 is 18.0 Å². The van der Waals surface area contributed by atoms with Crippen LogP contribution in [0.25, 0.3) is 0 Å². The van der Waals surface area contributed by atoms with Gasteiger partial charge in [-0.2, -0.15) is 0 Å². The Hall–Kier alpha value is -1.93. The number of carbonyl (C=O) groups excluding carboxylic acids is 1. The summed E-state index contributed by atoms with van der Waals surface area (Å²) in [5.74, 6) is -1.13. The molecule has 3 N–H and O–H groups in total. The third kappa shape index (κ3) is 3.78. The van der Waals surface area contributed by atoms with Crippen LogP contribution in [-0.2, 0) is 4.79 Å². The molecule has 1 aromatic heterocycles. The first kappa shape index (κ1) is 14.5. The number of amides is 2. The fraction of sp³-hybridized carbons (Fsp3) is 0.0833. The Balaban J connectivity index is 2.05. The maximum atomic E-state index is 11.8. The number of urea groups is 1. The first-order valence-corrected chi connectivity index (χ1v) is 7.14. The van der Waals surface area contributed by atoms with Crippen LogP contribution >= 0.6 is 27.3 Å². The van der Waals surface area contributed by atoms with Crippen molar-refractivity contribution in [2.24, 2.45) is 0 Å². The third-order valence-electron chi connectivity index (χ3n) is 2.35. The molecule has 0 radical (unpaired) electrons. The van der Waals surface area contributed by atoms with Crippen molar-refractivity contribution in [1.29, 1.82) is 0 Å². The summed E-state index contributed by atoms with van der Waals surface area (Å²) in [5.41, 5.74) is 0.496. The number of benzene rings is 1. The van der Waals surface area contributed by atoms with Gasteiger partial charge in [0.25, 0.3) is 0 Å². The predicted molar refractivity (Wildman–Crippen MR) is 78.8 cm³/mol. The summed E-state index contributed by atoms with van der Waals surface area (Å²) in [6.45, 7) is 0. The molecule has 1 atom stereocenters. The molecule has 0 aliphatic heterocycles. The number of aromatic nitrogens is 1. The van der Waals surface area contributed by atoms with Crippen LogP contribution < -0.4 is 10.6 Å². The zero-order chi connectivity index (χ0) is 14.5. The van der Waals surface area contributed by atoms with Crippen LogP contribution in [0.5, 0.6) is 0 Å². The minimum Gasteiger partial charge on any atom is -0.479 e. The number of hydrogen-bond donors (Lipinski definition) is 3. The lowest BCUT2D eigenvalue weighted by atomic mass is 10.1. The molecular formula is C12H10BrN3O3S. The van der Waals surface area contributed by atoms with E-state index in [0.29, 0.717) is 10.7 Å². The highest BCUT2D eigenvalue weighted by molar-refractivity contribution is 9.11. The largest absolute Gasteiger partial charge is 0.479 e. The minimum absolute atomic E-state index is 0.381. The second kappa shape index (κ2) is 6.49. The van der Waals surface area contributed by atoms with E-state index in [1.54, 1.807) is 36.5 Å². The van der Waals surface area contributed by atoms with Gasteiger partial charge in [0.05, 0.1) is 9.98 Å². The van der Waals surface area contributed by atoms with Crippen molar-refractivity contribution in [3.63, 3.8) is 0 Å². The Morgan fingerprint density at radius 1 is 1.30 bits per heavy atom. The van der Waals surface area contributed by atoms with Crippen LogP contribution in [0.4, 0.5) is 9.93 Å². The predicted octanol–water partition coefficient (Wildman–Crippen LogP) is 2.85. The highest BCUT2D eigenvalue weighted by atomic mass is 79.9. The number of carboxylic acids is 1. The Morgan fingerprint density at radius 3 is 2.55 bits per heavy atom. The van der Waals surface area contributed by atoms with Gasteiger partial charge in [0, 0.05) is 0 Å². The van der Waals surface area contributed by atoms with Crippen LogP contribution in [-0.4, -0.2) is 22.1 Å². The molecule has 0 aliphatic rings. The van der Waals surface area contributed by atoms with Crippen LogP contribution in [0.1, 0.15) is 11.6 Å². The molecular weight excluding hydrogens is 346 g/mol. The molecule has 1 aromatic carbocycles. The van der Waals surface area contributed by atoms with Crippen LogP contribution in [0.15, 0.2) is 40.3 Å². The van der Waals surface area contributed by atoms with Gasteiger partial charge in [-0.05, 0) is 21.5 Å². The smallest absolute Gasteiger partial charge is 0.330 e. The van der Waals surface area contributed by atoms with E-state index in [1.807, 2.05) is 0 Å². The summed E-state index contributed by atoms with van der Waals surface area (Å²) < 4.78 is 0.769. The highest BCUT2D eigenvalue weighted by Crippen LogP contribution is 2.23. The number of halogens is 1. The van der Waals surface area contributed by atoms with E-state index in [0.717, 1.165) is 3.79 Å². The number of anilines is 1. The van der Waals surface area contributed by atoms with Crippen molar-refractivity contribution in [3.05, 3.63) is 45.9 Å². The summed E-state index contributed by atoms with van der Waals surface area (Å²) >= 11 is 4.46. The summed E-state index contributed by atoms with van der Waals surface area (Å²) in [4.78, 5) is 26.9. The van der Waals surface area contributed by atoms with Gasteiger partial charge in [0.15, 0.2) is 11.2 Å². The monoisotopic (exact) mass is 355 g/mol. The van der Waals surface area contributed by atoms with Gasteiger partial charge < -0.3 is 10.4 Å². The van der Waals surface area contributed by atoms with Gasteiger partial charge in [-0.3, -0.25) is 5.32 Å². The molecule has 0 fully saturated rings. The second-order valence-electron chi connectivity index (χ2n) is 3.75. The number of carbonyl (C=O) groups is 2. The van der Waals surface area contributed by atoms with Gasteiger partial charge in [-0.1, -0.05) is 41.7 Å². The summed E-state index contributed by atoms with van der Waals surface area (Å²) in [5, 5.41) is 14.4. The number of aliphatic carboxylic acids is 1. The van der Waals surface area contributed by atoms with Crippen molar-refractivity contribution < 1.29 is 14.7 Å². The summed E-state index contributed by atoms with van der Waals surface area (Å²) in [7, 11) is 0. The standard InChI is InChI=1S/C12H10BrN3O3S/c13-8-6-14-12(20-8)16-11(19)15-9(10(17)18)7-4-2-1-3-5-7/h1-6,9H,(H,17,18)(H2,14,15,16,19)/t9-/m1/s1. The zero-order valence-corrected chi connectivity index (χ0v) is 12.4. The number of nitrogens with zero attached hydrogens (tertiary/aromatic N) is 1. The van der Waals surface area contributed by atoms with E-state index in [2.05, 4.69) is 31.5 Å². The van der Waals surface area contributed by atoms with Crippen molar-refractivity contribution in [2.75, 3.05) is 5.32 Å². The van der Waals surface area contributed by atoms with Crippen molar-refractivity contribution in [1.82, 2.24) is 10.3 Å². The van der Waals surface area contributed by atoms with E-state index in [4.69, 9.17) is 0 Å². The molecule has 20 heavy (non-hydrogen) atoms. The molecule has 1 heterocycles. The van der Waals surface area contributed by atoms with E-state index in [1.165, 1.54) is 11.3 Å². The zero-order valence-electron chi connectivity index (χ0n) is 10.0. The maximum absolute atomic E-state index is 11.8. The topological polar surface area (TPSA) is 91.3 Å². The molecule has 6 nitrogen and oxygen atoms in total. The van der Waals surface area contributed by atoms with Gasteiger partial charge in [0.1, 0.15) is 0 Å². The molecule has 0 saturated carbocycles. The Morgan fingerprint density at radius 2 is 2.00 bits per heavy atom. The summed E-state index contributed by atoms with van der Waals surface area (Å²) in [6, 6.07) is 6.74. The number of rotatable bonds is 4. The Bertz CT molecular complexity index is 617. The molecule has 0 aliphatic carbocycles. The average Bonchev–Trinajstić information content (AvgIpc) is 2.82. The number of carboxylic acid groups (broad SMARTS) is 1. The van der Waals surface area contributed by atoms with Gasteiger partial charge in [-0.25, -0.2) is 14.6 Å². The average molecular weight is 356 g/mol. The fourth-order valence-electron chi connectivity index (χ4n) is 1.51. The molecule has 2 rings (SSSR count). The first-order chi connectivity index (χ1) is 9.56. The molecule has 8 heteroatoms. The first-order valence-electron chi connectivity index (χ1n) is 5.53. The van der Waals surface area contributed by atoms with Crippen LogP contribution in [0, 0.1) is 0 Å². The van der Waals surface area contributed by atoms with E-state index in [-0.39, 0.29) is 0 Å².